The van der Waals surface area contributed by atoms with Gasteiger partial charge in [-0.15, -0.1) is 0 Å². The van der Waals surface area contributed by atoms with Gasteiger partial charge >= 0.3 is 6.03 Å². The molecule has 1 N–H and O–H groups in total. The first-order chi connectivity index (χ1) is 14.2. The maximum absolute atomic E-state index is 13.7. The van der Waals surface area contributed by atoms with Gasteiger partial charge in [0.2, 0.25) is 0 Å². The van der Waals surface area contributed by atoms with Crippen LogP contribution in [0.4, 0.5) is 22.0 Å². The van der Waals surface area contributed by atoms with E-state index in [1.807, 2.05) is 23.1 Å². The van der Waals surface area contributed by atoms with Crippen molar-refractivity contribution in [2.45, 2.75) is 26.2 Å². The summed E-state index contributed by atoms with van der Waals surface area (Å²) in [6, 6.07) is 10.6. The Labute approximate surface area is 171 Å². The van der Waals surface area contributed by atoms with Crippen molar-refractivity contribution in [1.29, 1.82) is 0 Å². The van der Waals surface area contributed by atoms with E-state index < -0.39 is 0 Å². The van der Waals surface area contributed by atoms with Crippen molar-refractivity contribution < 1.29 is 9.59 Å². The normalized spacial score (nSPS) is 17.1. The third kappa shape index (κ3) is 3.96. The van der Waals surface area contributed by atoms with Gasteiger partial charge in [0.05, 0.1) is 16.9 Å². The predicted molar refractivity (Wildman–Crippen MR) is 114 cm³/mol. The Morgan fingerprint density at radius 2 is 1.97 bits per heavy atom. The minimum atomic E-state index is -0.230. The van der Waals surface area contributed by atoms with Crippen LogP contribution in [0.1, 0.15) is 36.5 Å². The van der Waals surface area contributed by atoms with Crippen molar-refractivity contribution in [1.82, 2.24) is 14.8 Å². The van der Waals surface area contributed by atoms with E-state index in [1.54, 1.807) is 29.3 Å². The highest BCUT2D eigenvalue weighted by Crippen LogP contribution is 2.36. The Bertz CT molecular complexity index is 900. The molecule has 7 heteroatoms. The van der Waals surface area contributed by atoms with Crippen LogP contribution in [0.3, 0.4) is 0 Å². The standard InChI is InChI=1S/C22H27N5O2/c1-2-3-12-25-13-7-14-26(16-15-25)22(29)27-19-10-5-4-8-17(19)21(28)24-18-9-6-11-23-20(18)27/h4-6,8-11H,2-3,7,12-16H2,1H3,(H,24,28). The Balaban J connectivity index is 1.66. The maximum Gasteiger partial charge on any atom is 0.330 e. The van der Waals surface area contributed by atoms with Crippen molar-refractivity contribution in [3.63, 3.8) is 0 Å². The Kier molecular flexibility index (Phi) is 5.76. The zero-order valence-electron chi connectivity index (χ0n) is 16.8. The highest BCUT2D eigenvalue weighted by atomic mass is 16.2. The lowest BCUT2D eigenvalue weighted by atomic mass is 10.1. The van der Waals surface area contributed by atoms with Crippen molar-refractivity contribution in [3.05, 3.63) is 48.2 Å². The summed E-state index contributed by atoms with van der Waals surface area (Å²) in [6.07, 6.45) is 4.94. The van der Waals surface area contributed by atoms with Crippen LogP contribution in [0.5, 0.6) is 0 Å². The number of nitrogens with one attached hydrogen (secondary N) is 1. The largest absolute Gasteiger partial charge is 0.330 e. The molecule has 0 bridgehead atoms. The number of benzene rings is 1. The minimum absolute atomic E-state index is 0.133. The predicted octanol–water partition coefficient (Wildman–Crippen LogP) is 3.71. The fourth-order valence-corrected chi connectivity index (χ4v) is 3.94. The molecule has 1 aromatic heterocycles. The molecule has 4 rings (SSSR count). The highest BCUT2D eigenvalue weighted by Gasteiger charge is 2.33. The van der Waals surface area contributed by atoms with Gasteiger partial charge in [-0.1, -0.05) is 25.5 Å². The van der Waals surface area contributed by atoms with Crippen molar-refractivity contribution >= 4 is 29.1 Å². The number of aromatic nitrogens is 1. The van der Waals surface area contributed by atoms with Crippen LogP contribution in [-0.4, -0.2) is 59.4 Å². The molecule has 0 atom stereocenters. The second-order valence-electron chi connectivity index (χ2n) is 7.50. The quantitative estimate of drug-likeness (QED) is 0.863. The minimum Gasteiger partial charge on any atom is -0.323 e. The number of unbranched alkanes of at least 4 members (excludes halogenated alkanes) is 1. The number of rotatable bonds is 3. The molecule has 2 aromatic rings. The van der Waals surface area contributed by atoms with Crippen LogP contribution in [0.2, 0.25) is 0 Å². The first-order valence-electron chi connectivity index (χ1n) is 10.4. The molecule has 3 amide bonds. The molecule has 2 aliphatic heterocycles. The SMILES string of the molecule is CCCCN1CCCN(C(=O)N2c3ccccc3C(=O)Nc3cccnc32)CC1. The molecule has 0 spiro atoms. The van der Waals surface area contributed by atoms with E-state index in [0.717, 1.165) is 26.1 Å². The first-order valence-corrected chi connectivity index (χ1v) is 10.4. The molecular formula is C22H27N5O2. The van der Waals surface area contributed by atoms with E-state index in [4.69, 9.17) is 0 Å². The second-order valence-corrected chi connectivity index (χ2v) is 7.50. The zero-order valence-corrected chi connectivity index (χ0v) is 16.8. The summed E-state index contributed by atoms with van der Waals surface area (Å²) in [7, 11) is 0. The van der Waals surface area contributed by atoms with E-state index in [2.05, 4.69) is 22.1 Å². The molecule has 0 aliphatic carbocycles. The fraction of sp³-hybridized carbons (Fsp3) is 0.409. The second kappa shape index (κ2) is 8.61. The fourth-order valence-electron chi connectivity index (χ4n) is 3.94. The molecular weight excluding hydrogens is 366 g/mol. The van der Waals surface area contributed by atoms with Crippen molar-refractivity contribution in [2.24, 2.45) is 0 Å². The number of carbonyl (C=O) groups excluding carboxylic acids is 2. The van der Waals surface area contributed by atoms with Crippen LogP contribution < -0.4 is 10.2 Å². The average molecular weight is 393 g/mol. The molecule has 152 valence electrons. The Hall–Kier alpha value is -2.93. The lowest BCUT2D eigenvalue weighted by Crippen LogP contribution is -2.43. The summed E-state index contributed by atoms with van der Waals surface area (Å²) in [5, 5.41) is 2.89. The molecule has 7 nitrogen and oxygen atoms in total. The molecule has 29 heavy (non-hydrogen) atoms. The number of amides is 3. The van der Waals surface area contributed by atoms with Gasteiger partial charge in [0, 0.05) is 25.8 Å². The molecule has 2 aliphatic rings. The van der Waals surface area contributed by atoms with Gasteiger partial charge in [-0.05, 0) is 50.2 Å². The third-order valence-electron chi connectivity index (χ3n) is 5.51. The number of hydrogen-bond acceptors (Lipinski definition) is 4. The number of fused-ring (bicyclic) bond motifs is 2. The van der Waals surface area contributed by atoms with Gasteiger partial charge in [-0.2, -0.15) is 0 Å². The van der Waals surface area contributed by atoms with Crippen molar-refractivity contribution in [2.75, 3.05) is 42.9 Å². The molecule has 0 radical (unpaired) electrons. The molecule has 0 saturated carbocycles. The van der Waals surface area contributed by atoms with Crippen LogP contribution in [0, 0.1) is 0 Å². The smallest absolute Gasteiger partial charge is 0.323 e. The number of pyridine rings is 1. The van der Waals surface area contributed by atoms with Crippen molar-refractivity contribution in [3.8, 4) is 0 Å². The van der Waals surface area contributed by atoms with Gasteiger partial charge in [0.25, 0.3) is 5.91 Å². The lowest BCUT2D eigenvalue weighted by Gasteiger charge is -2.30. The Morgan fingerprint density at radius 3 is 2.83 bits per heavy atom. The summed E-state index contributed by atoms with van der Waals surface area (Å²) in [6.45, 7) is 6.52. The molecule has 3 heterocycles. The monoisotopic (exact) mass is 393 g/mol. The zero-order chi connectivity index (χ0) is 20.2. The summed E-state index contributed by atoms with van der Waals surface area (Å²) in [5.74, 6) is 0.231. The number of para-hydroxylation sites is 1. The van der Waals surface area contributed by atoms with Gasteiger partial charge in [-0.3, -0.25) is 4.79 Å². The van der Waals surface area contributed by atoms with E-state index in [0.29, 0.717) is 35.8 Å². The Morgan fingerprint density at radius 1 is 1.10 bits per heavy atom. The molecule has 1 fully saturated rings. The highest BCUT2D eigenvalue weighted by molar-refractivity contribution is 6.16. The maximum atomic E-state index is 13.7. The number of hydrogen-bond donors (Lipinski definition) is 1. The first kappa shape index (κ1) is 19.4. The number of carbonyl (C=O) groups is 2. The van der Waals surface area contributed by atoms with Crippen LogP contribution in [0.15, 0.2) is 42.6 Å². The number of nitrogens with zero attached hydrogens (tertiary/aromatic N) is 4. The average Bonchev–Trinajstić information content (AvgIpc) is 3.05. The van der Waals surface area contributed by atoms with E-state index >= 15 is 0 Å². The molecule has 0 unspecified atom stereocenters. The van der Waals surface area contributed by atoms with E-state index in [1.165, 1.54) is 12.8 Å². The van der Waals surface area contributed by atoms with E-state index in [9.17, 15) is 9.59 Å². The topological polar surface area (TPSA) is 68.8 Å². The van der Waals surface area contributed by atoms with Gasteiger partial charge in [-0.25, -0.2) is 14.7 Å². The summed E-state index contributed by atoms with van der Waals surface area (Å²) in [4.78, 5) is 36.7. The summed E-state index contributed by atoms with van der Waals surface area (Å²) < 4.78 is 0. The van der Waals surface area contributed by atoms with E-state index in [-0.39, 0.29) is 11.9 Å². The third-order valence-corrected chi connectivity index (χ3v) is 5.51. The number of urea groups is 1. The van der Waals surface area contributed by atoms with Gasteiger partial charge in [0.1, 0.15) is 0 Å². The summed E-state index contributed by atoms with van der Waals surface area (Å²) >= 11 is 0. The van der Waals surface area contributed by atoms with Crippen LogP contribution >= 0.6 is 0 Å². The number of anilines is 3. The lowest BCUT2D eigenvalue weighted by molar-refractivity contribution is 0.102. The van der Waals surface area contributed by atoms with Gasteiger partial charge < -0.3 is 15.1 Å². The van der Waals surface area contributed by atoms with Crippen LogP contribution in [0.25, 0.3) is 0 Å². The molecule has 1 aromatic carbocycles. The molecule has 1 saturated heterocycles. The summed E-state index contributed by atoms with van der Waals surface area (Å²) in [5.41, 5.74) is 1.58. The van der Waals surface area contributed by atoms with Crippen LogP contribution in [-0.2, 0) is 0 Å². The van der Waals surface area contributed by atoms with Gasteiger partial charge in [0.15, 0.2) is 5.82 Å².